The first kappa shape index (κ1) is 12.7. The Labute approximate surface area is 78.3 Å². The molecule has 1 unspecified atom stereocenters. The smallest absolute Gasteiger partial charge is 0.405 e. The highest BCUT2D eigenvalue weighted by atomic mass is 19.4. The van der Waals surface area contributed by atoms with Gasteiger partial charge in [0.1, 0.15) is 0 Å². The number of carboxylic acids is 1. The molecule has 0 fully saturated rings. The number of hydrogen-bond acceptors (Lipinski definition) is 3. The van der Waals surface area contributed by atoms with Crippen LogP contribution in [0.15, 0.2) is 0 Å². The molecule has 4 nitrogen and oxygen atoms in total. The van der Waals surface area contributed by atoms with Crippen LogP contribution in [0.5, 0.6) is 0 Å². The summed E-state index contributed by atoms with van der Waals surface area (Å²) in [6, 6.07) is 1.10. The molecule has 0 aliphatic heterocycles. The molecule has 7 heteroatoms. The van der Waals surface area contributed by atoms with Gasteiger partial charge in [0, 0.05) is 13.1 Å². The van der Waals surface area contributed by atoms with Crippen molar-refractivity contribution in [2.75, 3.05) is 13.1 Å². The summed E-state index contributed by atoms with van der Waals surface area (Å²) in [6.07, 6.45) is -4.83. The highest BCUT2D eigenvalue weighted by Gasteiger charge is 2.39. The van der Waals surface area contributed by atoms with E-state index in [1.807, 2.05) is 0 Å². The number of carbonyl (C=O) groups is 1. The number of nitriles is 1. The van der Waals surface area contributed by atoms with Crippen LogP contribution >= 0.6 is 0 Å². The molecule has 0 aromatic carbocycles. The second kappa shape index (κ2) is 5.44. The Morgan fingerprint density at radius 1 is 1.57 bits per heavy atom. The summed E-state index contributed by atoms with van der Waals surface area (Å²) in [5.74, 6) is -3.19. The average Bonchev–Trinajstić information content (AvgIpc) is 2.01. The fraction of sp³-hybridized carbons (Fsp3) is 0.714. The van der Waals surface area contributed by atoms with Gasteiger partial charge in [-0.15, -0.1) is 0 Å². The molecular weight excluding hydrogens is 201 g/mol. The van der Waals surface area contributed by atoms with E-state index in [4.69, 9.17) is 10.4 Å². The summed E-state index contributed by atoms with van der Waals surface area (Å²) in [6.45, 7) is -0.656. The predicted molar refractivity (Wildman–Crippen MR) is 40.3 cm³/mol. The molecule has 0 radical (unpaired) electrons. The Hall–Kier alpha value is -1.29. The van der Waals surface area contributed by atoms with Gasteiger partial charge in [0.05, 0.1) is 12.5 Å². The molecule has 0 spiro atoms. The quantitative estimate of drug-likeness (QED) is 0.657. The topological polar surface area (TPSA) is 73.1 Å². The molecule has 0 saturated carbocycles. The molecule has 0 aromatic heterocycles. The lowest BCUT2D eigenvalue weighted by atomic mass is 10.1. The standard InChI is InChI=1S/C7H9F3N2O2/c8-7(9,10)5(3-11)4-12-2-1-6(13)14/h5,12H,1-2,4H2,(H,13,14). The molecule has 2 N–H and O–H groups in total. The van der Waals surface area contributed by atoms with E-state index in [0.717, 1.165) is 6.07 Å². The van der Waals surface area contributed by atoms with Crippen LogP contribution in [0.2, 0.25) is 0 Å². The fourth-order valence-corrected chi connectivity index (χ4v) is 0.676. The Morgan fingerprint density at radius 2 is 2.14 bits per heavy atom. The van der Waals surface area contributed by atoms with Crippen molar-refractivity contribution in [3.63, 3.8) is 0 Å². The average molecular weight is 210 g/mol. The van der Waals surface area contributed by atoms with E-state index in [1.54, 1.807) is 0 Å². The predicted octanol–water partition coefficient (Wildman–Crippen LogP) is 0.753. The van der Waals surface area contributed by atoms with Crippen LogP contribution in [0.1, 0.15) is 6.42 Å². The Bertz CT molecular complexity index is 234. The van der Waals surface area contributed by atoms with Gasteiger partial charge in [-0.2, -0.15) is 18.4 Å². The first-order chi connectivity index (χ1) is 6.38. The number of aliphatic carboxylic acids is 1. The van der Waals surface area contributed by atoms with Gasteiger partial charge in [-0.05, 0) is 0 Å². The second-order valence-corrected chi connectivity index (χ2v) is 2.57. The van der Waals surface area contributed by atoms with Crippen molar-refractivity contribution < 1.29 is 23.1 Å². The van der Waals surface area contributed by atoms with Gasteiger partial charge in [-0.25, -0.2) is 0 Å². The maximum Gasteiger partial charge on any atom is 0.405 e. The molecule has 0 amide bonds. The van der Waals surface area contributed by atoms with Crippen LogP contribution in [-0.4, -0.2) is 30.3 Å². The van der Waals surface area contributed by atoms with Crippen LogP contribution in [0.4, 0.5) is 13.2 Å². The SMILES string of the molecule is N#CC(CNCCC(=O)O)C(F)(F)F. The first-order valence-corrected chi connectivity index (χ1v) is 3.76. The van der Waals surface area contributed by atoms with E-state index in [-0.39, 0.29) is 13.0 Å². The van der Waals surface area contributed by atoms with E-state index in [2.05, 4.69) is 5.32 Å². The van der Waals surface area contributed by atoms with Gasteiger partial charge in [-0.1, -0.05) is 0 Å². The van der Waals surface area contributed by atoms with Crippen LogP contribution in [0, 0.1) is 17.2 Å². The highest BCUT2D eigenvalue weighted by molar-refractivity contribution is 5.66. The minimum absolute atomic E-state index is 0.0798. The largest absolute Gasteiger partial charge is 0.481 e. The molecule has 0 saturated heterocycles. The molecule has 0 aliphatic rings. The third kappa shape index (κ3) is 5.37. The first-order valence-electron chi connectivity index (χ1n) is 3.76. The minimum Gasteiger partial charge on any atom is -0.481 e. The molecule has 1 atom stereocenters. The zero-order valence-corrected chi connectivity index (χ0v) is 7.14. The van der Waals surface area contributed by atoms with E-state index in [1.165, 1.54) is 0 Å². The lowest BCUT2D eigenvalue weighted by molar-refractivity contribution is -0.157. The summed E-state index contributed by atoms with van der Waals surface area (Å²) in [5.41, 5.74) is 0. The van der Waals surface area contributed by atoms with Gasteiger partial charge >= 0.3 is 12.1 Å². The molecule has 0 heterocycles. The summed E-state index contributed by atoms with van der Waals surface area (Å²) in [7, 11) is 0. The maximum atomic E-state index is 11.9. The number of nitrogens with zero attached hydrogens (tertiary/aromatic N) is 1. The normalized spacial score (nSPS) is 13.3. The van der Waals surface area contributed by atoms with Gasteiger partial charge < -0.3 is 10.4 Å². The number of carboxylic acid groups (broad SMARTS) is 1. The van der Waals surface area contributed by atoms with Gasteiger partial charge in [0.15, 0.2) is 5.92 Å². The van der Waals surface area contributed by atoms with Crippen molar-refractivity contribution in [2.45, 2.75) is 12.6 Å². The molecule has 0 rings (SSSR count). The Balaban J connectivity index is 3.77. The van der Waals surface area contributed by atoms with Crippen LogP contribution in [0.3, 0.4) is 0 Å². The van der Waals surface area contributed by atoms with Crippen molar-refractivity contribution in [1.82, 2.24) is 5.32 Å². The van der Waals surface area contributed by atoms with Crippen molar-refractivity contribution >= 4 is 5.97 Å². The molecule has 14 heavy (non-hydrogen) atoms. The Kier molecular flexibility index (Phi) is 4.94. The van der Waals surface area contributed by atoms with Crippen LogP contribution in [-0.2, 0) is 4.79 Å². The number of rotatable bonds is 5. The fourth-order valence-electron chi connectivity index (χ4n) is 0.676. The van der Waals surface area contributed by atoms with E-state index in [0.29, 0.717) is 0 Å². The summed E-state index contributed by atoms with van der Waals surface area (Å²) < 4.78 is 35.8. The van der Waals surface area contributed by atoms with Crippen molar-refractivity contribution in [3.05, 3.63) is 0 Å². The van der Waals surface area contributed by atoms with Crippen molar-refractivity contribution in [1.29, 1.82) is 5.26 Å². The van der Waals surface area contributed by atoms with Gasteiger partial charge in [0.25, 0.3) is 0 Å². The summed E-state index contributed by atoms with van der Waals surface area (Å²) in [5, 5.41) is 18.6. The van der Waals surface area contributed by atoms with E-state index >= 15 is 0 Å². The maximum absolute atomic E-state index is 11.9. The van der Waals surface area contributed by atoms with Crippen molar-refractivity contribution in [3.8, 4) is 6.07 Å². The second-order valence-electron chi connectivity index (χ2n) is 2.57. The Morgan fingerprint density at radius 3 is 2.50 bits per heavy atom. The summed E-state index contributed by atoms with van der Waals surface area (Å²) in [4.78, 5) is 9.98. The van der Waals surface area contributed by atoms with Gasteiger partial charge in [0.2, 0.25) is 0 Å². The lowest BCUT2D eigenvalue weighted by Gasteiger charge is -2.13. The number of alkyl halides is 3. The number of hydrogen-bond donors (Lipinski definition) is 2. The third-order valence-corrected chi connectivity index (χ3v) is 1.42. The number of nitrogens with one attached hydrogen (secondary N) is 1. The van der Waals surface area contributed by atoms with E-state index < -0.39 is 24.6 Å². The molecule has 0 aliphatic carbocycles. The summed E-state index contributed by atoms with van der Waals surface area (Å²) >= 11 is 0. The van der Waals surface area contributed by atoms with E-state index in [9.17, 15) is 18.0 Å². The van der Waals surface area contributed by atoms with Crippen LogP contribution < -0.4 is 5.32 Å². The molecule has 0 bridgehead atoms. The monoisotopic (exact) mass is 210 g/mol. The lowest BCUT2D eigenvalue weighted by Crippen LogP contribution is -2.33. The minimum atomic E-state index is -4.56. The van der Waals surface area contributed by atoms with Crippen LogP contribution in [0.25, 0.3) is 0 Å². The zero-order chi connectivity index (χ0) is 11.2. The molecular formula is C7H9F3N2O2. The third-order valence-electron chi connectivity index (χ3n) is 1.42. The van der Waals surface area contributed by atoms with Crippen molar-refractivity contribution in [2.24, 2.45) is 5.92 Å². The van der Waals surface area contributed by atoms with Gasteiger partial charge in [-0.3, -0.25) is 4.79 Å². The highest BCUT2D eigenvalue weighted by Crippen LogP contribution is 2.24. The molecule has 0 aromatic rings. The zero-order valence-electron chi connectivity index (χ0n) is 7.14. The molecule has 80 valence electrons. The number of halogens is 3.